The summed E-state index contributed by atoms with van der Waals surface area (Å²) >= 11 is 0. The summed E-state index contributed by atoms with van der Waals surface area (Å²) in [7, 11) is 3.05. The van der Waals surface area contributed by atoms with Crippen LogP contribution in [-0.4, -0.2) is 9.13 Å². The predicted molar refractivity (Wildman–Crippen MR) is 78.6 cm³/mol. The van der Waals surface area contributed by atoms with Gasteiger partial charge in [-0.2, -0.15) is 0 Å². The molecule has 21 heavy (non-hydrogen) atoms. The van der Waals surface area contributed by atoms with Crippen molar-refractivity contribution in [3.63, 3.8) is 0 Å². The fraction of sp³-hybridized carbons (Fsp3) is 0.333. The Morgan fingerprint density at radius 2 is 2.00 bits per heavy atom. The van der Waals surface area contributed by atoms with Crippen LogP contribution < -0.4 is 16.6 Å². The Hall–Kier alpha value is -2.21. The minimum atomic E-state index is -0.359. The molecule has 0 aliphatic heterocycles. The largest absolute Gasteiger partial charge is 0.330 e. The Morgan fingerprint density at radius 1 is 1.29 bits per heavy atom. The topological polar surface area (TPSA) is 56.0 Å². The van der Waals surface area contributed by atoms with Gasteiger partial charge in [-0.3, -0.25) is 9.36 Å². The average Bonchev–Trinajstić information content (AvgIpc) is 2.47. The van der Waals surface area contributed by atoms with Crippen LogP contribution in [0, 0.1) is 5.82 Å². The fourth-order valence-corrected chi connectivity index (χ4v) is 2.16. The lowest BCUT2D eigenvalue weighted by Gasteiger charge is -2.15. The van der Waals surface area contributed by atoms with Gasteiger partial charge < -0.3 is 9.88 Å². The Kier molecular flexibility index (Phi) is 4.37. The Bertz CT molecular complexity index is 764. The zero-order valence-electron chi connectivity index (χ0n) is 12.3. The highest BCUT2D eigenvalue weighted by molar-refractivity contribution is 5.19. The molecule has 0 fully saturated rings. The van der Waals surface area contributed by atoms with E-state index in [1.165, 1.54) is 29.9 Å². The number of hydrogen-bond acceptors (Lipinski definition) is 3. The van der Waals surface area contributed by atoms with Crippen molar-refractivity contribution in [1.82, 2.24) is 14.5 Å². The molecule has 1 heterocycles. The number of nitrogens with zero attached hydrogens (tertiary/aromatic N) is 2. The maximum absolute atomic E-state index is 13.2. The van der Waals surface area contributed by atoms with Gasteiger partial charge in [0, 0.05) is 38.4 Å². The smallest absolute Gasteiger partial charge is 0.306 e. The third-order valence-electron chi connectivity index (χ3n) is 3.46. The molecule has 112 valence electrons. The van der Waals surface area contributed by atoms with Crippen molar-refractivity contribution in [2.75, 3.05) is 0 Å². The molecule has 6 heteroatoms. The second-order valence-corrected chi connectivity index (χ2v) is 5.07. The lowest BCUT2D eigenvalue weighted by molar-refractivity contribution is 0.552. The quantitative estimate of drug-likeness (QED) is 0.917. The van der Waals surface area contributed by atoms with Gasteiger partial charge in [-0.1, -0.05) is 12.1 Å². The molecule has 0 spiro atoms. The summed E-state index contributed by atoms with van der Waals surface area (Å²) in [5.74, 6) is -0.292. The molecule has 2 aromatic rings. The number of nitrogens with one attached hydrogen (secondary N) is 1. The first-order valence-electron chi connectivity index (χ1n) is 6.64. The van der Waals surface area contributed by atoms with E-state index in [0.717, 1.165) is 10.1 Å². The van der Waals surface area contributed by atoms with E-state index in [-0.39, 0.29) is 23.1 Å². The second kappa shape index (κ2) is 6.05. The number of halogens is 1. The van der Waals surface area contributed by atoms with Gasteiger partial charge in [0.2, 0.25) is 0 Å². The van der Waals surface area contributed by atoms with Crippen LogP contribution in [0.25, 0.3) is 0 Å². The molecule has 1 N–H and O–H groups in total. The standard InChI is InChI=1S/C15H18FN3O2/c1-10(11-5-4-6-13(16)7-11)17-8-12-9-18(2)15(21)19(3)14(12)20/h4-7,9-10,17H,8H2,1-3H3. The number of aryl methyl sites for hydroxylation is 1. The Balaban J connectivity index is 2.17. The second-order valence-electron chi connectivity index (χ2n) is 5.07. The van der Waals surface area contributed by atoms with Gasteiger partial charge in [0.25, 0.3) is 5.56 Å². The highest BCUT2D eigenvalue weighted by Gasteiger charge is 2.10. The predicted octanol–water partition coefficient (Wildman–Crippen LogP) is 1.07. The third-order valence-corrected chi connectivity index (χ3v) is 3.46. The minimum absolute atomic E-state index is 0.109. The van der Waals surface area contributed by atoms with Crippen molar-refractivity contribution in [3.8, 4) is 0 Å². The molecule has 1 aromatic heterocycles. The van der Waals surface area contributed by atoms with Crippen molar-refractivity contribution in [3.05, 3.63) is 68.2 Å². The van der Waals surface area contributed by atoms with Crippen LogP contribution in [0.2, 0.25) is 0 Å². The first-order valence-corrected chi connectivity index (χ1v) is 6.64. The van der Waals surface area contributed by atoms with Crippen LogP contribution in [-0.2, 0) is 20.6 Å². The van der Waals surface area contributed by atoms with E-state index in [9.17, 15) is 14.0 Å². The van der Waals surface area contributed by atoms with Crippen molar-refractivity contribution in [2.45, 2.75) is 19.5 Å². The summed E-state index contributed by atoms with van der Waals surface area (Å²) in [5, 5.41) is 3.16. The van der Waals surface area contributed by atoms with Crippen LogP contribution in [0.1, 0.15) is 24.1 Å². The van der Waals surface area contributed by atoms with Gasteiger partial charge >= 0.3 is 5.69 Å². The molecule has 0 aliphatic carbocycles. The van der Waals surface area contributed by atoms with Crippen molar-refractivity contribution >= 4 is 0 Å². The summed E-state index contributed by atoms with van der Waals surface area (Å²) in [5.41, 5.74) is 0.610. The molecule has 0 radical (unpaired) electrons. The molecular formula is C15H18FN3O2. The third kappa shape index (κ3) is 3.28. The summed E-state index contributed by atoms with van der Waals surface area (Å²) < 4.78 is 15.6. The molecule has 0 bridgehead atoms. The molecule has 2 rings (SSSR count). The highest BCUT2D eigenvalue weighted by atomic mass is 19.1. The summed E-state index contributed by atoms with van der Waals surface area (Å²) in [4.78, 5) is 23.6. The Labute approximate surface area is 121 Å². The monoisotopic (exact) mass is 291 g/mol. The van der Waals surface area contributed by atoms with Crippen LogP contribution in [0.15, 0.2) is 40.1 Å². The first-order chi connectivity index (χ1) is 9.90. The van der Waals surface area contributed by atoms with Crippen LogP contribution in [0.4, 0.5) is 4.39 Å². The number of aromatic nitrogens is 2. The zero-order chi connectivity index (χ0) is 15.6. The van der Waals surface area contributed by atoms with Crippen LogP contribution >= 0.6 is 0 Å². The van der Waals surface area contributed by atoms with Crippen molar-refractivity contribution in [2.24, 2.45) is 14.1 Å². The van der Waals surface area contributed by atoms with E-state index in [1.54, 1.807) is 13.1 Å². The number of hydrogen-bond donors (Lipinski definition) is 1. The van der Waals surface area contributed by atoms with Crippen molar-refractivity contribution < 1.29 is 4.39 Å². The first kappa shape index (κ1) is 15.2. The van der Waals surface area contributed by atoms with E-state index >= 15 is 0 Å². The molecule has 5 nitrogen and oxygen atoms in total. The van der Waals surface area contributed by atoms with Crippen LogP contribution in [0.5, 0.6) is 0 Å². The average molecular weight is 291 g/mol. The maximum Gasteiger partial charge on any atom is 0.330 e. The lowest BCUT2D eigenvalue weighted by atomic mass is 10.1. The van der Waals surface area contributed by atoms with E-state index in [1.807, 2.05) is 13.0 Å². The van der Waals surface area contributed by atoms with Crippen molar-refractivity contribution in [1.29, 1.82) is 0 Å². The molecule has 0 saturated heterocycles. The number of rotatable bonds is 4. The molecule has 0 aliphatic rings. The van der Waals surface area contributed by atoms with E-state index in [4.69, 9.17) is 0 Å². The molecular weight excluding hydrogens is 273 g/mol. The number of benzene rings is 1. The lowest BCUT2D eigenvalue weighted by Crippen LogP contribution is -2.39. The molecule has 1 aromatic carbocycles. The van der Waals surface area contributed by atoms with Gasteiger partial charge in [0.15, 0.2) is 0 Å². The minimum Gasteiger partial charge on any atom is -0.306 e. The SMILES string of the molecule is CC(NCc1cn(C)c(=O)n(C)c1=O)c1cccc(F)c1. The van der Waals surface area contributed by atoms with E-state index in [0.29, 0.717) is 12.1 Å². The van der Waals surface area contributed by atoms with Gasteiger partial charge in [0.05, 0.1) is 0 Å². The molecule has 1 atom stereocenters. The van der Waals surface area contributed by atoms with E-state index in [2.05, 4.69) is 5.32 Å². The molecule has 0 amide bonds. The normalized spacial score (nSPS) is 12.4. The van der Waals surface area contributed by atoms with Gasteiger partial charge in [-0.25, -0.2) is 9.18 Å². The zero-order valence-corrected chi connectivity index (χ0v) is 12.3. The van der Waals surface area contributed by atoms with Gasteiger partial charge in [0.1, 0.15) is 5.82 Å². The maximum atomic E-state index is 13.2. The molecule has 0 saturated carbocycles. The summed E-state index contributed by atoms with van der Waals surface area (Å²) in [6.07, 6.45) is 1.52. The molecule has 1 unspecified atom stereocenters. The fourth-order valence-electron chi connectivity index (χ4n) is 2.16. The highest BCUT2D eigenvalue weighted by Crippen LogP contribution is 2.13. The van der Waals surface area contributed by atoms with Gasteiger partial charge in [-0.15, -0.1) is 0 Å². The van der Waals surface area contributed by atoms with E-state index < -0.39 is 0 Å². The Morgan fingerprint density at radius 3 is 2.67 bits per heavy atom. The van der Waals surface area contributed by atoms with Crippen LogP contribution in [0.3, 0.4) is 0 Å². The summed E-state index contributed by atoms with van der Waals surface area (Å²) in [6.45, 7) is 2.19. The summed E-state index contributed by atoms with van der Waals surface area (Å²) in [6, 6.07) is 6.20. The van der Waals surface area contributed by atoms with Gasteiger partial charge in [-0.05, 0) is 24.6 Å².